The third-order valence-corrected chi connectivity index (χ3v) is 1.52. The number of ketones is 1. The standard InChI is InChI=1S/C7H6ClNO2/c1-4(10)7-5(8)2-9-3-6(7)11/h2-3,11H,1H3. The molecule has 1 aromatic rings. The molecule has 0 aliphatic rings. The van der Waals surface area contributed by atoms with E-state index in [0.29, 0.717) is 0 Å². The predicted octanol–water partition coefficient (Wildman–Crippen LogP) is 1.64. The van der Waals surface area contributed by atoms with Crippen molar-refractivity contribution in [3.63, 3.8) is 0 Å². The van der Waals surface area contributed by atoms with Gasteiger partial charge < -0.3 is 5.11 Å². The van der Waals surface area contributed by atoms with Gasteiger partial charge in [0.15, 0.2) is 5.78 Å². The lowest BCUT2D eigenvalue weighted by Gasteiger charge is -2.00. The fraction of sp³-hybridized carbons (Fsp3) is 0.143. The van der Waals surface area contributed by atoms with Crippen molar-refractivity contribution >= 4 is 17.4 Å². The molecule has 11 heavy (non-hydrogen) atoms. The highest BCUT2D eigenvalue weighted by molar-refractivity contribution is 6.34. The lowest BCUT2D eigenvalue weighted by Crippen LogP contribution is -1.94. The van der Waals surface area contributed by atoms with Crippen LogP contribution in [0.4, 0.5) is 0 Å². The second kappa shape index (κ2) is 2.88. The maximum absolute atomic E-state index is 10.8. The Morgan fingerprint density at radius 2 is 2.27 bits per heavy atom. The van der Waals surface area contributed by atoms with Crippen LogP contribution in [0.3, 0.4) is 0 Å². The molecule has 1 heterocycles. The molecule has 3 nitrogen and oxygen atoms in total. The summed E-state index contributed by atoms with van der Waals surface area (Å²) in [5, 5.41) is 9.27. The number of rotatable bonds is 1. The zero-order valence-corrected chi connectivity index (χ0v) is 6.59. The maximum Gasteiger partial charge on any atom is 0.165 e. The SMILES string of the molecule is CC(=O)c1c(O)cncc1Cl. The molecule has 4 heteroatoms. The van der Waals surface area contributed by atoms with Gasteiger partial charge in [0, 0.05) is 6.20 Å². The summed E-state index contributed by atoms with van der Waals surface area (Å²) >= 11 is 5.58. The highest BCUT2D eigenvalue weighted by Gasteiger charge is 2.10. The van der Waals surface area contributed by atoms with E-state index < -0.39 is 0 Å². The predicted molar refractivity (Wildman–Crippen MR) is 40.9 cm³/mol. The molecule has 0 spiro atoms. The average molecular weight is 172 g/mol. The van der Waals surface area contributed by atoms with E-state index in [-0.39, 0.29) is 22.1 Å². The highest BCUT2D eigenvalue weighted by Crippen LogP contribution is 2.23. The highest BCUT2D eigenvalue weighted by atomic mass is 35.5. The summed E-state index contributed by atoms with van der Waals surface area (Å²) < 4.78 is 0. The van der Waals surface area contributed by atoms with Crippen molar-refractivity contribution in [2.45, 2.75) is 6.92 Å². The molecule has 0 atom stereocenters. The van der Waals surface area contributed by atoms with Gasteiger partial charge in [-0.25, -0.2) is 0 Å². The molecule has 1 N–H and O–H groups in total. The molecule has 0 radical (unpaired) electrons. The Morgan fingerprint density at radius 1 is 1.64 bits per heavy atom. The Balaban J connectivity index is 3.32. The topological polar surface area (TPSA) is 50.2 Å². The van der Waals surface area contributed by atoms with E-state index >= 15 is 0 Å². The number of Topliss-reactive ketones (excluding diaryl/α,β-unsaturated/α-hetero) is 1. The average Bonchev–Trinajstić information content (AvgIpc) is 1.85. The summed E-state index contributed by atoms with van der Waals surface area (Å²) in [6, 6.07) is 0. The van der Waals surface area contributed by atoms with Gasteiger partial charge in [-0.2, -0.15) is 0 Å². The van der Waals surface area contributed by atoms with E-state index in [9.17, 15) is 4.79 Å². The number of hydrogen-bond donors (Lipinski definition) is 1. The van der Waals surface area contributed by atoms with Gasteiger partial charge in [0.05, 0.1) is 16.8 Å². The first kappa shape index (κ1) is 8.01. The summed E-state index contributed by atoms with van der Waals surface area (Å²) in [4.78, 5) is 14.4. The van der Waals surface area contributed by atoms with Crippen LogP contribution in [0, 0.1) is 0 Å². The van der Waals surface area contributed by atoms with Gasteiger partial charge >= 0.3 is 0 Å². The first-order valence-corrected chi connectivity index (χ1v) is 3.34. The van der Waals surface area contributed by atoms with Crippen LogP contribution in [-0.2, 0) is 0 Å². The zero-order valence-electron chi connectivity index (χ0n) is 5.84. The van der Waals surface area contributed by atoms with Gasteiger partial charge in [-0.15, -0.1) is 0 Å². The fourth-order valence-corrected chi connectivity index (χ4v) is 1.06. The van der Waals surface area contributed by atoms with Gasteiger partial charge in [-0.1, -0.05) is 11.6 Å². The number of aromatic hydroxyl groups is 1. The molecular formula is C7H6ClNO2. The quantitative estimate of drug-likeness (QED) is 0.654. The number of pyridine rings is 1. The normalized spacial score (nSPS) is 9.64. The van der Waals surface area contributed by atoms with Crippen LogP contribution in [-0.4, -0.2) is 15.9 Å². The molecular weight excluding hydrogens is 166 g/mol. The first-order valence-electron chi connectivity index (χ1n) is 2.96. The van der Waals surface area contributed by atoms with Gasteiger partial charge in [0.1, 0.15) is 5.75 Å². The minimum atomic E-state index is -0.269. The van der Waals surface area contributed by atoms with Crippen molar-refractivity contribution in [2.75, 3.05) is 0 Å². The lowest BCUT2D eigenvalue weighted by molar-refractivity contribution is 0.101. The molecule has 58 valence electrons. The number of nitrogens with zero attached hydrogens (tertiary/aromatic N) is 1. The molecule has 0 bridgehead atoms. The monoisotopic (exact) mass is 171 g/mol. The Bertz CT molecular complexity index is 278. The molecule has 0 unspecified atom stereocenters. The van der Waals surface area contributed by atoms with E-state index in [4.69, 9.17) is 16.7 Å². The summed E-state index contributed by atoms with van der Waals surface area (Å²) in [5.41, 5.74) is 0.127. The number of aromatic nitrogens is 1. The molecule has 1 rings (SSSR count). The van der Waals surface area contributed by atoms with E-state index in [0.717, 1.165) is 0 Å². The van der Waals surface area contributed by atoms with Crippen LogP contribution in [0.5, 0.6) is 5.75 Å². The number of carbonyl (C=O) groups excluding carboxylic acids is 1. The Hall–Kier alpha value is -1.09. The van der Waals surface area contributed by atoms with Crippen LogP contribution >= 0.6 is 11.6 Å². The minimum absolute atomic E-state index is 0.127. The second-order valence-electron chi connectivity index (χ2n) is 2.07. The molecule has 0 aromatic carbocycles. The van der Waals surface area contributed by atoms with Crippen molar-refractivity contribution in [3.05, 3.63) is 23.0 Å². The Morgan fingerprint density at radius 3 is 2.64 bits per heavy atom. The third kappa shape index (κ3) is 1.49. The number of halogens is 1. The van der Waals surface area contributed by atoms with Gasteiger partial charge in [0.2, 0.25) is 0 Å². The summed E-state index contributed by atoms with van der Waals surface area (Å²) in [6.45, 7) is 1.33. The maximum atomic E-state index is 10.8. The van der Waals surface area contributed by atoms with Crippen molar-refractivity contribution in [3.8, 4) is 5.75 Å². The van der Waals surface area contributed by atoms with Gasteiger partial charge in [-0.05, 0) is 6.92 Å². The largest absolute Gasteiger partial charge is 0.506 e. The van der Waals surface area contributed by atoms with Crippen molar-refractivity contribution in [2.24, 2.45) is 0 Å². The molecule has 0 saturated heterocycles. The summed E-state index contributed by atoms with van der Waals surface area (Å²) in [5.74, 6) is -0.445. The lowest BCUT2D eigenvalue weighted by atomic mass is 10.2. The molecule has 0 amide bonds. The van der Waals surface area contributed by atoms with Crippen LogP contribution in [0.1, 0.15) is 17.3 Å². The van der Waals surface area contributed by atoms with Crippen LogP contribution in [0.2, 0.25) is 5.02 Å². The van der Waals surface area contributed by atoms with Crippen LogP contribution in [0.25, 0.3) is 0 Å². The van der Waals surface area contributed by atoms with E-state index in [1.54, 1.807) is 0 Å². The molecule has 1 aromatic heterocycles. The minimum Gasteiger partial charge on any atom is -0.506 e. The molecule has 0 aliphatic heterocycles. The first-order chi connectivity index (χ1) is 5.13. The second-order valence-corrected chi connectivity index (χ2v) is 2.48. The van der Waals surface area contributed by atoms with Gasteiger partial charge in [0.25, 0.3) is 0 Å². The Kier molecular flexibility index (Phi) is 2.10. The van der Waals surface area contributed by atoms with Crippen molar-refractivity contribution in [1.82, 2.24) is 4.98 Å². The summed E-state index contributed by atoms with van der Waals surface area (Å²) in [7, 11) is 0. The Labute approximate surface area is 68.6 Å². The van der Waals surface area contributed by atoms with Crippen molar-refractivity contribution < 1.29 is 9.90 Å². The number of carbonyl (C=O) groups is 1. The number of hydrogen-bond acceptors (Lipinski definition) is 3. The summed E-state index contributed by atoms with van der Waals surface area (Å²) in [6.07, 6.45) is 2.50. The van der Waals surface area contributed by atoms with E-state index in [1.165, 1.54) is 19.3 Å². The third-order valence-electron chi connectivity index (χ3n) is 1.23. The van der Waals surface area contributed by atoms with Crippen LogP contribution < -0.4 is 0 Å². The molecule has 0 saturated carbocycles. The van der Waals surface area contributed by atoms with Gasteiger partial charge in [-0.3, -0.25) is 9.78 Å². The molecule has 0 aliphatic carbocycles. The van der Waals surface area contributed by atoms with Crippen molar-refractivity contribution in [1.29, 1.82) is 0 Å². The van der Waals surface area contributed by atoms with E-state index in [1.807, 2.05) is 0 Å². The zero-order chi connectivity index (χ0) is 8.43. The molecule has 0 fully saturated rings. The van der Waals surface area contributed by atoms with Crippen LogP contribution in [0.15, 0.2) is 12.4 Å². The fourth-order valence-electron chi connectivity index (χ4n) is 0.773. The van der Waals surface area contributed by atoms with E-state index in [2.05, 4.69) is 4.98 Å². The smallest absolute Gasteiger partial charge is 0.165 e.